The average Bonchev–Trinajstić information content (AvgIpc) is 2.54. The van der Waals surface area contributed by atoms with E-state index in [1.807, 2.05) is 50.2 Å². The Morgan fingerprint density at radius 2 is 1.50 bits per heavy atom. The maximum absolute atomic E-state index is 12.1. The molecular formula is C18H20N2O2. The van der Waals surface area contributed by atoms with Crippen molar-refractivity contribution in [1.82, 2.24) is 10.6 Å². The fraction of sp³-hybridized carbons (Fsp3) is 0.222. The Labute approximate surface area is 130 Å². The van der Waals surface area contributed by atoms with E-state index in [0.717, 1.165) is 11.1 Å². The summed E-state index contributed by atoms with van der Waals surface area (Å²) in [5.41, 5.74) is 3.28. The van der Waals surface area contributed by atoms with E-state index in [2.05, 4.69) is 10.6 Å². The number of carbonyl (C=O) groups is 2. The molecule has 2 N–H and O–H groups in total. The van der Waals surface area contributed by atoms with Gasteiger partial charge in [-0.2, -0.15) is 0 Å². The molecule has 0 aliphatic carbocycles. The highest BCUT2D eigenvalue weighted by Crippen LogP contribution is 2.10. The molecule has 22 heavy (non-hydrogen) atoms. The summed E-state index contributed by atoms with van der Waals surface area (Å²) in [6.45, 7) is 4.65. The van der Waals surface area contributed by atoms with Crippen LogP contribution in [0.5, 0.6) is 0 Å². The van der Waals surface area contributed by atoms with E-state index in [4.69, 9.17) is 0 Å². The van der Waals surface area contributed by atoms with E-state index in [1.54, 1.807) is 12.1 Å². The fourth-order valence-corrected chi connectivity index (χ4v) is 2.12. The molecule has 4 heteroatoms. The second kappa shape index (κ2) is 7.41. The fourth-order valence-electron chi connectivity index (χ4n) is 2.12. The van der Waals surface area contributed by atoms with E-state index >= 15 is 0 Å². The Kier molecular flexibility index (Phi) is 5.31. The third kappa shape index (κ3) is 4.19. The number of hydrogen-bond donors (Lipinski definition) is 2. The van der Waals surface area contributed by atoms with E-state index in [-0.39, 0.29) is 11.8 Å². The zero-order chi connectivity index (χ0) is 15.9. The molecule has 0 aliphatic heterocycles. The Morgan fingerprint density at radius 3 is 2.18 bits per heavy atom. The molecule has 0 heterocycles. The molecule has 2 aromatic carbocycles. The summed E-state index contributed by atoms with van der Waals surface area (Å²) in [7, 11) is 0. The number of carbonyl (C=O) groups excluding carboxylic acids is 2. The van der Waals surface area contributed by atoms with Gasteiger partial charge >= 0.3 is 0 Å². The molecule has 0 unspecified atom stereocenters. The van der Waals surface area contributed by atoms with E-state index in [1.165, 1.54) is 0 Å². The molecule has 0 aromatic heterocycles. The van der Waals surface area contributed by atoms with Crippen molar-refractivity contribution in [3.05, 3.63) is 70.8 Å². The minimum atomic E-state index is -0.137. The third-order valence-corrected chi connectivity index (χ3v) is 3.37. The van der Waals surface area contributed by atoms with Crippen molar-refractivity contribution in [3.8, 4) is 0 Å². The number of amides is 2. The van der Waals surface area contributed by atoms with E-state index < -0.39 is 0 Å². The van der Waals surface area contributed by atoms with Gasteiger partial charge < -0.3 is 10.6 Å². The molecule has 0 aliphatic rings. The summed E-state index contributed by atoms with van der Waals surface area (Å²) in [5.74, 6) is -0.253. The van der Waals surface area contributed by atoms with Gasteiger partial charge in [0, 0.05) is 24.2 Å². The summed E-state index contributed by atoms with van der Waals surface area (Å²) in [6.07, 6.45) is 0. The molecule has 0 bridgehead atoms. The molecule has 0 fully saturated rings. The quantitative estimate of drug-likeness (QED) is 0.833. The lowest BCUT2D eigenvalue weighted by molar-refractivity contribution is 0.0927. The van der Waals surface area contributed by atoms with Gasteiger partial charge in [-0.05, 0) is 37.6 Å². The molecule has 4 nitrogen and oxygen atoms in total. The van der Waals surface area contributed by atoms with Crippen LogP contribution in [-0.2, 0) is 0 Å². The molecule has 0 spiro atoms. The van der Waals surface area contributed by atoms with Crippen LogP contribution >= 0.6 is 0 Å². The Bertz CT molecular complexity index is 666. The second-order valence-corrected chi connectivity index (χ2v) is 5.20. The number of hydrogen-bond acceptors (Lipinski definition) is 2. The van der Waals surface area contributed by atoms with Gasteiger partial charge in [0.2, 0.25) is 0 Å². The van der Waals surface area contributed by atoms with Crippen LogP contribution < -0.4 is 10.6 Å². The highest BCUT2D eigenvalue weighted by atomic mass is 16.2. The molecule has 2 amide bonds. The topological polar surface area (TPSA) is 58.2 Å². The third-order valence-electron chi connectivity index (χ3n) is 3.37. The van der Waals surface area contributed by atoms with Crippen molar-refractivity contribution in [1.29, 1.82) is 0 Å². The monoisotopic (exact) mass is 296 g/mol. The first-order valence-corrected chi connectivity index (χ1v) is 7.26. The standard InChI is InChI=1S/C18H20N2O2/c1-13-8-9-14(2)16(12-13)18(22)20-11-10-19-17(21)15-6-4-3-5-7-15/h3-9,12H,10-11H2,1-2H3,(H,19,21)(H,20,22). The summed E-state index contributed by atoms with van der Waals surface area (Å²) < 4.78 is 0. The number of aryl methyl sites for hydroxylation is 2. The van der Waals surface area contributed by atoms with Gasteiger partial charge in [-0.1, -0.05) is 35.9 Å². The Balaban J connectivity index is 1.80. The predicted octanol–water partition coefficient (Wildman–Crippen LogP) is 2.46. The van der Waals surface area contributed by atoms with E-state index in [9.17, 15) is 9.59 Å². The summed E-state index contributed by atoms with van der Waals surface area (Å²) in [4.78, 5) is 23.9. The first-order chi connectivity index (χ1) is 10.6. The molecule has 114 valence electrons. The first-order valence-electron chi connectivity index (χ1n) is 7.26. The molecule has 0 saturated carbocycles. The first kappa shape index (κ1) is 15.8. The lowest BCUT2D eigenvalue weighted by Gasteiger charge is -2.09. The maximum Gasteiger partial charge on any atom is 0.251 e. The lowest BCUT2D eigenvalue weighted by Crippen LogP contribution is -2.34. The number of benzene rings is 2. The minimum Gasteiger partial charge on any atom is -0.350 e. The molecule has 2 aromatic rings. The van der Waals surface area contributed by atoms with Crippen LogP contribution in [0.3, 0.4) is 0 Å². The SMILES string of the molecule is Cc1ccc(C)c(C(=O)NCCNC(=O)c2ccccc2)c1. The average molecular weight is 296 g/mol. The molecule has 0 saturated heterocycles. The van der Waals surface area contributed by atoms with Crippen molar-refractivity contribution in [2.45, 2.75) is 13.8 Å². The summed E-state index contributed by atoms with van der Waals surface area (Å²) >= 11 is 0. The highest BCUT2D eigenvalue weighted by molar-refractivity contribution is 5.96. The molecule has 2 rings (SSSR count). The van der Waals surface area contributed by atoms with Crippen LogP contribution in [0.4, 0.5) is 0 Å². The summed E-state index contributed by atoms with van der Waals surface area (Å²) in [6, 6.07) is 14.8. The van der Waals surface area contributed by atoms with E-state index in [0.29, 0.717) is 24.2 Å². The normalized spacial score (nSPS) is 10.1. The minimum absolute atomic E-state index is 0.116. The smallest absolute Gasteiger partial charge is 0.251 e. The predicted molar refractivity (Wildman–Crippen MR) is 87.0 cm³/mol. The van der Waals surface area contributed by atoms with Crippen molar-refractivity contribution in [2.24, 2.45) is 0 Å². The number of nitrogens with one attached hydrogen (secondary N) is 2. The van der Waals surface area contributed by atoms with Crippen molar-refractivity contribution in [2.75, 3.05) is 13.1 Å². The van der Waals surface area contributed by atoms with Crippen LogP contribution in [0.25, 0.3) is 0 Å². The largest absolute Gasteiger partial charge is 0.350 e. The maximum atomic E-state index is 12.1. The van der Waals surface area contributed by atoms with Gasteiger partial charge in [0.1, 0.15) is 0 Å². The van der Waals surface area contributed by atoms with Gasteiger partial charge in [-0.3, -0.25) is 9.59 Å². The van der Waals surface area contributed by atoms with Crippen LogP contribution in [0.2, 0.25) is 0 Å². The zero-order valence-electron chi connectivity index (χ0n) is 12.8. The van der Waals surface area contributed by atoms with Crippen LogP contribution in [-0.4, -0.2) is 24.9 Å². The van der Waals surface area contributed by atoms with Gasteiger partial charge in [-0.15, -0.1) is 0 Å². The Hall–Kier alpha value is -2.62. The van der Waals surface area contributed by atoms with Gasteiger partial charge in [0.25, 0.3) is 11.8 Å². The lowest BCUT2D eigenvalue weighted by atomic mass is 10.1. The van der Waals surface area contributed by atoms with Crippen LogP contribution in [0.1, 0.15) is 31.8 Å². The van der Waals surface area contributed by atoms with Crippen molar-refractivity contribution < 1.29 is 9.59 Å². The molecular weight excluding hydrogens is 276 g/mol. The summed E-state index contributed by atoms with van der Waals surface area (Å²) in [5, 5.41) is 5.60. The molecule has 0 radical (unpaired) electrons. The van der Waals surface area contributed by atoms with Gasteiger partial charge in [0.05, 0.1) is 0 Å². The zero-order valence-corrected chi connectivity index (χ0v) is 12.8. The van der Waals surface area contributed by atoms with Crippen LogP contribution in [0, 0.1) is 13.8 Å². The van der Waals surface area contributed by atoms with Crippen molar-refractivity contribution >= 4 is 11.8 Å². The van der Waals surface area contributed by atoms with Gasteiger partial charge in [-0.25, -0.2) is 0 Å². The highest BCUT2D eigenvalue weighted by Gasteiger charge is 2.09. The second-order valence-electron chi connectivity index (χ2n) is 5.20. The van der Waals surface area contributed by atoms with Crippen molar-refractivity contribution in [3.63, 3.8) is 0 Å². The van der Waals surface area contributed by atoms with Crippen LogP contribution in [0.15, 0.2) is 48.5 Å². The van der Waals surface area contributed by atoms with Gasteiger partial charge in [0.15, 0.2) is 0 Å². The number of rotatable bonds is 5. The Morgan fingerprint density at radius 1 is 0.864 bits per heavy atom. The molecule has 0 atom stereocenters.